The van der Waals surface area contributed by atoms with Crippen LogP contribution in [0.2, 0.25) is 0 Å². The van der Waals surface area contributed by atoms with Gasteiger partial charge in [0.25, 0.3) is 0 Å². The zero-order valence-corrected chi connectivity index (χ0v) is 15.2. The number of nitrogens with one attached hydrogen (secondary N) is 2. The number of hydrogen-bond donors (Lipinski definition) is 2. The molecule has 1 aliphatic carbocycles. The first kappa shape index (κ1) is 18.9. The highest BCUT2D eigenvalue weighted by molar-refractivity contribution is 5.92. The molecule has 6 heteroatoms. The van der Waals surface area contributed by atoms with Gasteiger partial charge in [-0.25, -0.2) is 4.39 Å². The maximum Gasteiger partial charge on any atom is 0.224 e. The predicted molar refractivity (Wildman–Crippen MR) is 99.6 cm³/mol. The number of carbonyl (C=O) groups is 2. The molecule has 27 heavy (non-hydrogen) atoms. The molecule has 1 saturated carbocycles. The lowest BCUT2D eigenvalue weighted by molar-refractivity contribution is -0.127. The normalized spacial score (nSPS) is 17.9. The van der Waals surface area contributed by atoms with Crippen LogP contribution in [-0.4, -0.2) is 25.5 Å². The van der Waals surface area contributed by atoms with Crippen LogP contribution in [0, 0.1) is 17.7 Å². The second-order valence-corrected chi connectivity index (χ2v) is 6.68. The molecule has 0 saturated heterocycles. The van der Waals surface area contributed by atoms with Crippen LogP contribution >= 0.6 is 0 Å². The smallest absolute Gasteiger partial charge is 0.224 e. The van der Waals surface area contributed by atoms with E-state index in [1.165, 1.54) is 12.1 Å². The summed E-state index contributed by atoms with van der Waals surface area (Å²) in [6.07, 6.45) is 1.30. The number of carbonyl (C=O) groups excluding carboxylic acids is 2. The Hall–Kier alpha value is -2.89. The maximum absolute atomic E-state index is 12.9. The van der Waals surface area contributed by atoms with Gasteiger partial charge in [0.05, 0.1) is 18.9 Å². The van der Waals surface area contributed by atoms with Gasteiger partial charge in [0.1, 0.15) is 11.6 Å². The lowest BCUT2D eigenvalue weighted by Gasteiger charge is -2.07. The Morgan fingerprint density at radius 1 is 0.963 bits per heavy atom. The molecule has 3 rings (SSSR count). The number of ether oxygens (including phenoxy) is 1. The average Bonchev–Trinajstić information content (AvgIpc) is 3.49. The summed E-state index contributed by atoms with van der Waals surface area (Å²) in [4.78, 5) is 24.3. The molecule has 0 bridgehead atoms. The summed E-state index contributed by atoms with van der Waals surface area (Å²) in [5, 5.41) is 5.70. The first-order chi connectivity index (χ1) is 13.1. The molecule has 2 atom stereocenters. The van der Waals surface area contributed by atoms with E-state index in [2.05, 4.69) is 10.6 Å². The van der Waals surface area contributed by atoms with Gasteiger partial charge in [0.2, 0.25) is 11.8 Å². The lowest BCUT2D eigenvalue weighted by atomic mass is 10.1. The van der Waals surface area contributed by atoms with Gasteiger partial charge in [-0.2, -0.15) is 0 Å². The molecular formula is C21H23FN2O3. The first-order valence-electron chi connectivity index (χ1n) is 8.99. The predicted octanol–water partition coefficient (Wildman–Crippen LogP) is 2.45. The number of rotatable bonds is 8. The van der Waals surface area contributed by atoms with E-state index in [9.17, 15) is 14.0 Å². The molecule has 0 heterocycles. The van der Waals surface area contributed by atoms with Crippen molar-refractivity contribution >= 4 is 11.8 Å². The molecule has 2 amide bonds. The molecule has 1 fully saturated rings. The van der Waals surface area contributed by atoms with Crippen molar-refractivity contribution < 1.29 is 18.7 Å². The monoisotopic (exact) mass is 370 g/mol. The SMILES string of the molecule is COc1ccc(CCNC(=O)C2CC2C(=O)NCc2ccc(F)cc2)cc1. The largest absolute Gasteiger partial charge is 0.497 e. The van der Waals surface area contributed by atoms with Crippen LogP contribution in [-0.2, 0) is 22.6 Å². The highest BCUT2D eigenvalue weighted by Crippen LogP contribution is 2.38. The Labute approximate surface area is 157 Å². The van der Waals surface area contributed by atoms with Crippen LogP contribution in [0.4, 0.5) is 4.39 Å². The standard InChI is InChI=1S/C21H23FN2O3/c1-27-17-8-4-14(5-9-17)10-11-23-20(25)18-12-19(18)21(26)24-13-15-2-6-16(22)7-3-15/h2-9,18-19H,10-13H2,1H3,(H,23,25)(H,24,26). The minimum atomic E-state index is -0.307. The fourth-order valence-electron chi connectivity index (χ4n) is 2.95. The molecule has 0 aliphatic heterocycles. The summed E-state index contributed by atoms with van der Waals surface area (Å²) in [5.41, 5.74) is 1.94. The van der Waals surface area contributed by atoms with E-state index in [0.29, 0.717) is 19.5 Å². The Balaban J connectivity index is 1.36. The van der Waals surface area contributed by atoms with E-state index in [1.54, 1.807) is 19.2 Å². The quantitative estimate of drug-likeness (QED) is 0.750. The minimum Gasteiger partial charge on any atom is -0.497 e. The van der Waals surface area contributed by atoms with Gasteiger partial charge in [0.15, 0.2) is 0 Å². The summed E-state index contributed by atoms with van der Waals surface area (Å²) in [6, 6.07) is 13.7. The van der Waals surface area contributed by atoms with Crippen LogP contribution in [0.5, 0.6) is 5.75 Å². The van der Waals surface area contributed by atoms with Crippen molar-refractivity contribution in [1.29, 1.82) is 0 Å². The molecule has 142 valence electrons. The van der Waals surface area contributed by atoms with Crippen molar-refractivity contribution in [1.82, 2.24) is 10.6 Å². The summed E-state index contributed by atoms with van der Waals surface area (Å²) >= 11 is 0. The third-order valence-electron chi connectivity index (χ3n) is 4.72. The molecule has 0 spiro atoms. The second kappa shape index (κ2) is 8.66. The third-order valence-corrected chi connectivity index (χ3v) is 4.72. The van der Waals surface area contributed by atoms with Gasteiger partial charge in [-0.1, -0.05) is 24.3 Å². The van der Waals surface area contributed by atoms with Gasteiger partial charge in [-0.05, 0) is 48.2 Å². The van der Waals surface area contributed by atoms with Gasteiger partial charge in [-0.3, -0.25) is 9.59 Å². The Morgan fingerprint density at radius 2 is 1.56 bits per heavy atom. The number of halogens is 1. The number of hydrogen-bond acceptors (Lipinski definition) is 3. The van der Waals surface area contributed by atoms with Gasteiger partial charge >= 0.3 is 0 Å². The zero-order chi connectivity index (χ0) is 19.2. The van der Waals surface area contributed by atoms with Crippen molar-refractivity contribution in [2.24, 2.45) is 11.8 Å². The van der Waals surface area contributed by atoms with Crippen LogP contribution in [0.3, 0.4) is 0 Å². The summed E-state index contributed by atoms with van der Waals surface area (Å²) in [7, 11) is 1.62. The van der Waals surface area contributed by atoms with Crippen LogP contribution < -0.4 is 15.4 Å². The molecule has 2 aromatic carbocycles. The number of amides is 2. The zero-order valence-electron chi connectivity index (χ0n) is 15.2. The van der Waals surface area contributed by atoms with E-state index in [0.717, 1.165) is 23.3 Å². The molecule has 1 aliphatic rings. The van der Waals surface area contributed by atoms with Crippen molar-refractivity contribution in [3.8, 4) is 5.75 Å². The Morgan fingerprint density at radius 3 is 2.19 bits per heavy atom. The van der Waals surface area contributed by atoms with Crippen molar-refractivity contribution in [3.05, 3.63) is 65.5 Å². The van der Waals surface area contributed by atoms with Crippen LogP contribution in [0.1, 0.15) is 17.5 Å². The molecular weight excluding hydrogens is 347 g/mol. The van der Waals surface area contributed by atoms with Crippen molar-refractivity contribution in [3.63, 3.8) is 0 Å². The Kier molecular flexibility index (Phi) is 6.06. The van der Waals surface area contributed by atoms with Crippen molar-refractivity contribution in [2.45, 2.75) is 19.4 Å². The maximum atomic E-state index is 12.9. The molecule has 2 N–H and O–H groups in total. The summed E-state index contributed by atoms with van der Waals surface area (Å²) in [6.45, 7) is 0.868. The van der Waals surface area contributed by atoms with Crippen LogP contribution in [0.15, 0.2) is 48.5 Å². The van der Waals surface area contributed by atoms with E-state index < -0.39 is 0 Å². The fraction of sp³-hybridized carbons (Fsp3) is 0.333. The molecule has 2 aromatic rings. The van der Waals surface area contributed by atoms with E-state index >= 15 is 0 Å². The topological polar surface area (TPSA) is 67.4 Å². The molecule has 0 radical (unpaired) electrons. The molecule has 2 unspecified atom stereocenters. The lowest BCUT2D eigenvalue weighted by Crippen LogP contribution is -2.31. The van der Waals surface area contributed by atoms with E-state index in [4.69, 9.17) is 4.74 Å². The summed E-state index contributed by atoms with van der Waals surface area (Å²) < 4.78 is 18.0. The van der Waals surface area contributed by atoms with Crippen molar-refractivity contribution in [2.75, 3.05) is 13.7 Å². The summed E-state index contributed by atoms with van der Waals surface area (Å²) in [5.74, 6) is -0.241. The van der Waals surface area contributed by atoms with Gasteiger partial charge < -0.3 is 15.4 Å². The third kappa shape index (κ3) is 5.29. The highest BCUT2D eigenvalue weighted by Gasteiger charge is 2.47. The average molecular weight is 370 g/mol. The van der Waals surface area contributed by atoms with E-state index in [-0.39, 0.29) is 29.5 Å². The van der Waals surface area contributed by atoms with E-state index in [1.807, 2.05) is 24.3 Å². The van der Waals surface area contributed by atoms with Gasteiger partial charge in [0, 0.05) is 13.1 Å². The molecule has 0 aromatic heterocycles. The molecule has 5 nitrogen and oxygen atoms in total. The highest BCUT2D eigenvalue weighted by atomic mass is 19.1. The fourth-order valence-corrected chi connectivity index (χ4v) is 2.95. The Bertz CT molecular complexity index is 790. The minimum absolute atomic E-state index is 0.0783. The number of benzene rings is 2. The first-order valence-corrected chi connectivity index (χ1v) is 8.99. The van der Waals surface area contributed by atoms with Gasteiger partial charge in [-0.15, -0.1) is 0 Å². The van der Waals surface area contributed by atoms with Crippen LogP contribution in [0.25, 0.3) is 0 Å². The second-order valence-electron chi connectivity index (χ2n) is 6.68. The number of methoxy groups -OCH3 is 1.